The van der Waals surface area contributed by atoms with Crippen LogP contribution in [0, 0.1) is 10.1 Å². The lowest BCUT2D eigenvalue weighted by Gasteiger charge is -2.24. The van der Waals surface area contributed by atoms with E-state index in [1.165, 1.54) is 12.1 Å². The van der Waals surface area contributed by atoms with Crippen LogP contribution in [-0.2, 0) is 6.42 Å². The van der Waals surface area contributed by atoms with Gasteiger partial charge in [0, 0.05) is 55.9 Å². The highest BCUT2D eigenvalue weighted by atomic mass is 16.6. The highest BCUT2D eigenvalue weighted by Crippen LogP contribution is 2.35. The normalized spacial score (nSPS) is 14.0. The van der Waals surface area contributed by atoms with Crippen molar-refractivity contribution in [3.8, 4) is 11.3 Å². The van der Waals surface area contributed by atoms with E-state index in [0.29, 0.717) is 61.8 Å². The van der Waals surface area contributed by atoms with Crippen molar-refractivity contribution in [1.82, 2.24) is 20.0 Å². The molecule has 10 nitrogen and oxygen atoms in total. The summed E-state index contributed by atoms with van der Waals surface area (Å²) < 4.78 is 5.77. The number of hydrogen-bond donors (Lipinski definition) is 0. The Hall–Kier alpha value is -4.86. The third kappa shape index (κ3) is 4.84. The minimum absolute atomic E-state index is 0.0946. The number of amides is 1. The number of nitro benzene ring substituents is 1. The van der Waals surface area contributed by atoms with Crippen LogP contribution in [-0.4, -0.2) is 57.0 Å². The minimum atomic E-state index is -0.485. The molecule has 0 spiro atoms. The molecule has 5 aromatic rings. The summed E-state index contributed by atoms with van der Waals surface area (Å²) in [5.41, 5.74) is 2.28. The van der Waals surface area contributed by atoms with Crippen LogP contribution < -0.4 is 4.90 Å². The number of anilines is 1. The third-order valence-corrected chi connectivity index (χ3v) is 7.25. The first kappa shape index (κ1) is 25.4. The Morgan fingerprint density at radius 3 is 2.65 bits per heavy atom. The van der Waals surface area contributed by atoms with Gasteiger partial charge in [-0.2, -0.15) is 4.98 Å². The molecule has 40 heavy (non-hydrogen) atoms. The Labute approximate surface area is 230 Å². The molecule has 0 unspecified atom stereocenters. The average Bonchev–Trinajstić information content (AvgIpc) is 3.25. The summed E-state index contributed by atoms with van der Waals surface area (Å²) in [7, 11) is 0. The van der Waals surface area contributed by atoms with E-state index >= 15 is 0 Å². The van der Waals surface area contributed by atoms with Crippen LogP contribution in [0.5, 0.6) is 0 Å². The van der Waals surface area contributed by atoms with Crippen LogP contribution in [0.1, 0.15) is 35.9 Å². The van der Waals surface area contributed by atoms with Crippen molar-refractivity contribution in [3.63, 3.8) is 0 Å². The highest BCUT2D eigenvalue weighted by Gasteiger charge is 2.26. The van der Waals surface area contributed by atoms with Crippen molar-refractivity contribution >= 4 is 39.3 Å². The maximum Gasteiger partial charge on any atom is 0.270 e. The number of carbonyl (C=O) groups excluding carboxylic acids is 1. The van der Waals surface area contributed by atoms with Crippen molar-refractivity contribution in [2.45, 2.75) is 26.2 Å². The summed E-state index contributed by atoms with van der Waals surface area (Å²) in [6.07, 6.45) is 2.31. The smallest absolute Gasteiger partial charge is 0.270 e. The number of carbonyl (C=O) groups is 1. The van der Waals surface area contributed by atoms with Gasteiger partial charge in [-0.15, -0.1) is 0 Å². The molecule has 0 aliphatic carbocycles. The number of hydrogen-bond acceptors (Lipinski definition) is 8. The Morgan fingerprint density at radius 1 is 0.975 bits per heavy atom. The van der Waals surface area contributed by atoms with E-state index in [9.17, 15) is 14.9 Å². The molecule has 202 valence electrons. The standard InChI is InChI=1S/C30H28N6O4/c1-2-7-25-31-28(26-27(33-40-29(26)32-25)22-13-12-20-8-3-4-9-21(20)18-22)34-14-6-15-35(17-16-34)30(37)23-10-5-11-24(19-23)36(38)39/h3-5,8-13,18-19H,2,6-7,14-17H2,1H3. The number of fused-ring (bicyclic) bond motifs is 2. The van der Waals surface area contributed by atoms with Gasteiger partial charge in [-0.25, -0.2) is 4.98 Å². The molecule has 3 aromatic carbocycles. The minimum Gasteiger partial charge on any atom is -0.354 e. The molecule has 1 aliphatic heterocycles. The van der Waals surface area contributed by atoms with Gasteiger partial charge in [0.2, 0.25) is 0 Å². The Bertz CT molecular complexity index is 1730. The fraction of sp³-hybridized carbons (Fsp3) is 0.267. The first-order chi connectivity index (χ1) is 19.5. The summed E-state index contributed by atoms with van der Waals surface area (Å²) in [5.74, 6) is 1.23. The molecule has 2 aromatic heterocycles. The van der Waals surface area contributed by atoms with Crippen molar-refractivity contribution < 1.29 is 14.2 Å². The summed E-state index contributed by atoms with van der Waals surface area (Å²) in [6.45, 7) is 4.29. The molecular formula is C30H28N6O4. The average molecular weight is 537 g/mol. The van der Waals surface area contributed by atoms with Gasteiger partial charge >= 0.3 is 0 Å². The lowest BCUT2D eigenvalue weighted by atomic mass is 10.0. The van der Waals surface area contributed by atoms with Crippen LogP contribution >= 0.6 is 0 Å². The lowest BCUT2D eigenvalue weighted by molar-refractivity contribution is -0.384. The second-order valence-corrected chi connectivity index (χ2v) is 9.93. The van der Waals surface area contributed by atoms with Gasteiger partial charge < -0.3 is 14.3 Å². The first-order valence-corrected chi connectivity index (χ1v) is 13.5. The Kier molecular flexibility index (Phi) is 6.81. The SMILES string of the molecule is CCCc1nc(N2CCCN(C(=O)c3cccc([N+](=O)[O-])c3)CC2)c2c(-c3ccc4ccccc4c3)noc2n1. The van der Waals surface area contributed by atoms with E-state index in [0.717, 1.165) is 34.0 Å². The fourth-order valence-corrected chi connectivity index (χ4v) is 5.25. The van der Waals surface area contributed by atoms with Crippen LogP contribution in [0.3, 0.4) is 0 Å². The molecule has 0 atom stereocenters. The zero-order valence-corrected chi connectivity index (χ0v) is 22.1. The van der Waals surface area contributed by atoms with Crippen molar-refractivity contribution in [1.29, 1.82) is 0 Å². The molecule has 0 saturated carbocycles. The molecule has 6 rings (SSSR count). The summed E-state index contributed by atoms with van der Waals surface area (Å²) >= 11 is 0. The van der Waals surface area contributed by atoms with Crippen molar-refractivity contribution in [2.75, 3.05) is 31.1 Å². The molecule has 0 N–H and O–H groups in total. The first-order valence-electron chi connectivity index (χ1n) is 13.5. The molecule has 3 heterocycles. The lowest BCUT2D eigenvalue weighted by Crippen LogP contribution is -2.35. The van der Waals surface area contributed by atoms with E-state index in [4.69, 9.17) is 9.51 Å². The monoisotopic (exact) mass is 536 g/mol. The topological polar surface area (TPSA) is 118 Å². The van der Waals surface area contributed by atoms with Gasteiger partial charge in [-0.05, 0) is 35.7 Å². The van der Waals surface area contributed by atoms with E-state index < -0.39 is 4.92 Å². The molecular weight excluding hydrogens is 508 g/mol. The van der Waals surface area contributed by atoms with E-state index in [-0.39, 0.29) is 11.6 Å². The van der Waals surface area contributed by atoms with Crippen LogP contribution in [0.15, 0.2) is 71.3 Å². The molecule has 0 bridgehead atoms. The van der Waals surface area contributed by atoms with E-state index in [1.54, 1.807) is 17.0 Å². The highest BCUT2D eigenvalue weighted by molar-refractivity contribution is 6.00. The molecule has 0 radical (unpaired) electrons. The maximum atomic E-state index is 13.3. The number of non-ortho nitro benzene ring substituents is 1. The maximum absolute atomic E-state index is 13.3. The van der Waals surface area contributed by atoms with Crippen molar-refractivity contribution in [2.24, 2.45) is 0 Å². The van der Waals surface area contributed by atoms with E-state index in [1.807, 2.05) is 18.2 Å². The number of benzene rings is 3. The van der Waals surface area contributed by atoms with Gasteiger partial charge in [0.1, 0.15) is 22.7 Å². The number of nitro groups is 1. The van der Waals surface area contributed by atoms with Crippen LogP contribution in [0.2, 0.25) is 0 Å². The quantitative estimate of drug-likeness (QED) is 0.202. The number of rotatable bonds is 6. The summed E-state index contributed by atoms with van der Waals surface area (Å²) in [4.78, 5) is 37.6. The fourth-order valence-electron chi connectivity index (χ4n) is 5.25. The van der Waals surface area contributed by atoms with Crippen LogP contribution in [0.4, 0.5) is 11.5 Å². The van der Waals surface area contributed by atoms with Gasteiger partial charge in [0.05, 0.1) is 4.92 Å². The van der Waals surface area contributed by atoms with Gasteiger partial charge in [-0.3, -0.25) is 14.9 Å². The van der Waals surface area contributed by atoms with E-state index in [2.05, 4.69) is 46.2 Å². The van der Waals surface area contributed by atoms with Gasteiger partial charge in [-0.1, -0.05) is 54.5 Å². The predicted molar refractivity (Wildman–Crippen MR) is 152 cm³/mol. The molecule has 1 amide bonds. The Balaban J connectivity index is 1.34. The van der Waals surface area contributed by atoms with Gasteiger partial charge in [0.15, 0.2) is 0 Å². The molecule has 1 saturated heterocycles. The zero-order valence-electron chi connectivity index (χ0n) is 22.1. The third-order valence-electron chi connectivity index (χ3n) is 7.25. The summed E-state index contributed by atoms with van der Waals surface area (Å²) in [6, 6.07) is 20.3. The second-order valence-electron chi connectivity index (χ2n) is 9.93. The predicted octanol–water partition coefficient (Wildman–Crippen LogP) is 5.65. The second kappa shape index (κ2) is 10.7. The largest absolute Gasteiger partial charge is 0.354 e. The zero-order chi connectivity index (χ0) is 27.6. The number of aromatic nitrogens is 3. The number of aryl methyl sites for hydroxylation is 1. The Morgan fingerprint density at radius 2 is 1.82 bits per heavy atom. The van der Waals surface area contributed by atoms with Gasteiger partial charge in [0.25, 0.3) is 17.3 Å². The van der Waals surface area contributed by atoms with Crippen LogP contribution in [0.25, 0.3) is 33.1 Å². The molecule has 10 heteroatoms. The summed E-state index contributed by atoms with van der Waals surface area (Å²) in [5, 5.41) is 18.6. The number of nitrogens with zero attached hydrogens (tertiary/aromatic N) is 6. The molecule has 1 aliphatic rings. The van der Waals surface area contributed by atoms with Crippen molar-refractivity contribution in [3.05, 3.63) is 88.2 Å². The molecule has 1 fully saturated rings.